The average Bonchev–Trinajstić information content (AvgIpc) is 2.90. The summed E-state index contributed by atoms with van der Waals surface area (Å²) in [6.45, 7) is 4.14. The zero-order valence-electron chi connectivity index (χ0n) is 11.6. The SMILES string of the molecule is CCc1c(C(N)CC)nnn1-c1ccc(OC)cc1. The molecular weight excluding hydrogens is 240 g/mol. The van der Waals surface area contributed by atoms with Crippen LogP contribution in [-0.4, -0.2) is 22.1 Å². The zero-order chi connectivity index (χ0) is 13.8. The Morgan fingerprint density at radius 3 is 2.47 bits per heavy atom. The smallest absolute Gasteiger partial charge is 0.119 e. The molecule has 2 N–H and O–H groups in total. The minimum atomic E-state index is -0.0538. The van der Waals surface area contributed by atoms with Crippen molar-refractivity contribution in [3.8, 4) is 11.4 Å². The van der Waals surface area contributed by atoms with Crippen LogP contribution in [0.5, 0.6) is 5.75 Å². The topological polar surface area (TPSA) is 66.0 Å². The highest BCUT2D eigenvalue weighted by Crippen LogP contribution is 2.21. The molecule has 19 heavy (non-hydrogen) atoms. The second-order valence-corrected chi connectivity index (χ2v) is 4.40. The van der Waals surface area contributed by atoms with Gasteiger partial charge >= 0.3 is 0 Å². The van der Waals surface area contributed by atoms with Gasteiger partial charge in [0.1, 0.15) is 11.4 Å². The van der Waals surface area contributed by atoms with Gasteiger partial charge in [0.2, 0.25) is 0 Å². The van der Waals surface area contributed by atoms with Crippen LogP contribution >= 0.6 is 0 Å². The normalized spacial score (nSPS) is 12.4. The Bertz CT molecular complexity index is 533. The van der Waals surface area contributed by atoms with Crippen molar-refractivity contribution < 1.29 is 4.74 Å². The molecule has 0 bridgehead atoms. The Kier molecular flexibility index (Phi) is 4.16. The number of rotatable bonds is 5. The van der Waals surface area contributed by atoms with Crippen molar-refractivity contribution in [1.29, 1.82) is 0 Å². The molecule has 102 valence electrons. The van der Waals surface area contributed by atoms with Gasteiger partial charge in [0.15, 0.2) is 0 Å². The Hall–Kier alpha value is -1.88. The molecule has 5 nitrogen and oxygen atoms in total. The molecule has 0 saturated carbocycles. The van der Waals surface area contributed by atoms with Crippen LogP contribution in [0.3, 0.4) is 0 Å². The Morgan fingerprint density at radius 1 is 1.26 bits per heavy atom. The van der Waals surface area contributed by atoms with E-state index in [-0.39, 0.29) is 6.04 Å². The molecule has 1 aromatic heterocycles. The van der Waals surface area contributed by atoms with Gasteiger partial charge in [-0.2, -0.15) is 0 Å². The van der Waals surface area contributed by atoms with Crippen LogP contribution < -0.4 is 10.5 Å². The number of benzene rings is 1. The third kappa shape index (κ3) is 2.61. The van der Waals surface area contributed by atoms with Crippen LogP contribution in [-0.2, 0) is 6.42 Å². The van der Waals surface area contributed by atoms with Crippen LogP contribution in [0, 0.1) is 0 Å². The van der Waals surface area contributed by atoms with Gasteiger partial charge in [0.05, 0.1) is 24.5 Å². The number of hydrogen-bond donors (Lipinski definition) is 1. The van der Waals surface area contributed by atoms with Gasteiger partial charge in [-0.3, -0.25) is 0 Å². The first-order valence-corrected chi connectivity index (χ1v) is 6.55. The van der Waals surface area contributed by atoms with Crippen molar-refractivity contribution in [1.82, 2.24) is 15.0 Å². The maximum absolute atomic E-state index is 6.07. The van der Waals surface area contributed by atoms with Crippen LogP contribution in [0.15, 0.2) is 24.3 Å². The van der Waals surface area contributed by atoms with E-state index < -0.39 is 0 Å². The highest BCUT2D eigenvalue weighted by atomic mass is 16.5. The summed E-state index contributed by atoms with van der Waals surface area (Å²) in [5.41, 5.74) is 9.00. The van der Waals surface area contributed by atoms with Crippen molar-refractivity contribution in [2.75, 3.05) is 7.11 Å². The lowest BCUT2D eigenvalue weighted by molar-refractivity contribution is 0.414. The number of ether oxygens (including phenoxy) is 1. The second-order valence-electron chi connectivity index (χ2n) is 4.40. The highest BCUT2D eigenvalue weighted by molar-refractivity contribution is 5.38. The van der Waals surface area contributed by atoms with E-state index in [2.05, 4.69) is 24.2 Å². The number of aromatic nitrogens is 3. The van der Waals surface area contributed by atoms with Crippen molar-refractivity contribution in [2.45, 2.75) is 32.7 Å². The molecule has 2 aromatic rings. The van der Waals surface area contributed by atoms with Gasteiger partial charge in [-0.05, 0) is 37.1 Å². The van der Waals surface area contributed by atoms with E-state index in [1.807, 2.05) is 28.9 Å². The van der Waals surface area contributed by atoms with Gasteiger partial charge < -0.3 is 10.5 Å². The molecule has 2 rings (SSSR count). The summed E-state index contributed by atoms with van der Waals surface area (Å²) in [5.74, 6) is 0.826. The number of hydrogen-bond acceptors (Lipinski definition) is 4. The Labute approximate surface area is 113 Å². The fraction of sp³-hybridized carbons (Fsp3) is 0.429. The molecule has 1 unspecified atom stereocenters. The number of nitrogens with two attached hydrogens (primary N) is 1. The maximum Gasteiger partial charge on any atom is 0.119 e. The summed E-state index contributed by atoms with van der Waals surface area (Å²) in [5, 5.41) is 8.46. The van der Waals surface area contributed by atoms with Crippen molar-refractivity contribution in [3.05, 3.63) is 35.7 Å². The standard InChI is InChI=1S/C14H20N4O/c1-4-12(15)14-13(5-2)18(17-16-14)10-6-8-11(19-3)9-7-10/h6-9,12H,4-5,15H2,1-3H3. The number of methoxy groups -OCH3 is 1. The Morgan fingerprint density at radius 2 is 1.95 bits per heavy atom. The van der Waals surface area contributed by atoms with Crippen LogP contribution in [0.2, 0.25) is 0 Å². The summed E-state index contributed by atoms with van der Waals surface area (Å²) in [6.07, 6.45) is 1.70. The molecule has 0 aliphatic heterocycles. The van der Waals surface area contributed by atoms with Crippen LogP contribution in [0.4, 0.5) is 0 Å². The van der Waals surface area contributed by atoms with Crippen molar-refractivity contribution >= 4 is 0 Å². The van der Waals surface area contributed by atoms with Crippen LogP contribution in [0.25, 0.3) is 5.69 Å². The third-order valence-electron chi connectivity index (χ3n) is 3.24. The molecule has 0 fully saturated rings. The lowest BCUT2D eigenvalue weighted by atomic mass is 10.1. The first kappa shape index (κ1) is 13.5. The van der Waals surface area contributed by atoms with E-state index in [0.717, 1.165) is 35.7 Å². The molecule has 0 saturated heterocycles. The lowest BCUT2D eigenvalue weighted by Gasteiger charge is -2.09. The summed E-state index contributed by atoms with van der Waals surface area (Å²) in [7, 11) is 1.65. The predicted molar refractivity (Wildman–Crippen MR) is 74.5 cm³/mol. The molecule has 1 atom stereocenters. The van der Waals surface area contributed by atoms with E-state index >= 15 is 0 Å². The molecule has 0 aliphatic carbocycles. The van der Waals surface area contributed by atoms with E-state index in [9.17, 15) is 0 Å². The van der Waals surface area contributed by atoms with Gasteiger partial charge in [-0.25, -0.2) is 4.68 Å². The van der Waals surface area contributed by atoms with E-state index in [4.69, 9.17) is 10.5 Å². The molecule has 5 heteroatoms. The number of nitrogens with zero attached hydrogens (tertiary/aromatic N) is 3. The second kappa shape index (κ2) is 5.84. The van der Waals surface area contributed by atoms with Crippen molar-refractivity contribution in [3.63, 3.8) is 0 Å². The largest absolute Gasteiger partial charge is 0.497 e. The van der Waals surface area contributed by atoms with E-state index in [1.165, 1.54) is 0 Å². The molecule has 1 aromatic carbocycles. The first-order chi connectivity index (χ1) is 9.21. The summed E-state index contributed by atoms with van der Waals surface area (Å²) in [4.78, 5) is 0. The quantitative estimate of drug-likeness (QED) is 0.895. The molecule has 1 heterocycles. The van der Waals surface area contributed by atoms with Gasteiger partial charge in [0, 0.05) is 0 Å². The van der Waals surface area contributed by atoms with Gasteiger partial charge in [-0.15, -0.1) is 5.10 Å². The fourth-order valence-corrected chi connectivity index (χ4v) is 2.06. The van der Waals surface area contributed by atoms with E-state index in [0.29, 0.717) is 0 Å². The average molecular weight is 260 g/mol. The zero-order valence-corrected chi connectivity index (χ0v) is 11.6. The van der Waals surface area contributed by atoms with Gasteiger partial charge in [-0.1, -0.05) is 19.1 Å². The molecule has 0 radical (unpaired) electrons. The third-order valence-corrected chi connectivity index (χ3v) is 3.24. The molecule has 0 amide bonds. The minimum absolute atomic E-state index is 0.0538. The Balaban J connectivity index is 2.41. The molecule has 0 aliphatic rings. The maximum atomic E-state index is 6.07. The summed E-state index contributed by atoms with van der Waals surface area (Å²) in [6, 6.07) is 7.70. The lowest BCUT2D eigenvalue weighted by Crippen LogP contribution is -2.12. The summed E-state index contributed by atoms with van der Waals surface area (Å²) < 4.78 is 7.01. The summed E-state index contributed by atoms with van der Waals surface area (Å²) >= 11 is 0. The van der Waals surface area contributed by atoms with E-state index in [1.54, 1.807) is 7.11 Å². The molecule has 0 spiro atoms. The van der Waals surface area contributed by atoms with Crippen LogP contribution in [0.1, 0.15) is 37.7 Å². The highest BCUT2D eigenvalue weighted by Gasteiger charge is 2.17. The monoisotopic (exact) mass is 260 g/mol. The minimum Gasteiger partial charge on any atom is -0.497 e. The first-order valence-electron chi connectivity index (χ1n) is 6.55. The molecular formula is C14H20N4O. The van der Waals surface area contributed by atoms with Crippen molar-refractivity contribution in [2.24, 2.45) is 5.73 Å². The van der Waals surface area contributed by atoms with Gasteiger partial charge in [0.25, 0.3) is 0 Å². The predicted octanol–water partition coefficient (Wildman–Crippen LogP) is 2.25. The fourth-order valence-electron chi connectivity index (χ4n) is 2.06.